The number of hydrogen-bond donors (Lipinski definition) is 1. The fourth-order valence-corrected chi connectivity index (χ4v) is 3.37. The summed E-state index contributed by atoms with van der Waals surface area (Å²) in [6, 6.07) is 15.3. The number of benzene rings is 2. The molecule has 28 heavy (non-hydrogen) atoms. The van der Waals surface area contributed by atoms with Crippen molar-refractivity contribution in [3.63, 3.8) is 0 Å². The van der Waals surface area contributed by atoms with Crippen LogP contribution in [0.5, 0.6) is 0 Å². The first-order valence-corrected chi connectivity index (χ1v) is 9.13. The number of nitrogens with one attached hydrogen (secondary N) is 1. The second-order valence-corrected chi connectivity index (χ2v) is 6.67. The lowest BCUT2D eigenvalue weighted by Gasteiger charge is -2.17. The summed E-state index contributed by atoms with van der Waals surface area (Å²) >= 11 is 0. The SMILES string of the molecule is O=C(CCc1ccccc1F)Nc1ccc2c(c1)N(C(=O)c1ccco1)CC2. The molecule has 2 heterocycles. The maximum Gasteiger partial charge on any atom is 0.293 e. The van der Waals surface area contributed by atoms with Gasteiger partial charge in [0.1, 0.15) is 5.82 Å². The third-order valence-corrected chi connectivity index (χ3v) is 4.82. The summed E-state index contributed by atoms with van der Waals surface area (Å²) in [7, 11) is 0. The van der Waals surface area contributed by atoms with Crippen molar-refractivity contribution in [2.24, 2.45) is 0 Å². The van der Waals surface area contributed by atoms with Crippen LogP contribution in [0.2, 0.25) is 0 Å². The molecule has 142 valence electrons. The Morgan fingerprint density at radius 1 is 1.11 bits per heavy atom. The normalized spacial score (nSPS) is 12.7. The summed E-state index contributed by atoms with van der Waals surface area (Å²) in [6.45, 7) is 0.569. The molecule has 0 bridgehead atoms. The van der Waals surface area contributed by atoms with Crippen molar-refractivity contribution in [3.05, 3.63) is 83.6 Å². The van der Waals surface area contributed by atoms with Gasteiger partial charge >= 0.3 is 0 Å². The molecule has 0 fully saturated rings. The smallest absolute Gasteiger partial charge is 0.293 e. The van der Waals surface area contributed by atoms with Gasteiger partial charge in [-0.1, -0.05) is 24.3 Å². The predicted molar refractivity (Wildman–Crippen MR) is 104 cm³/mol. The van der Waals surface area contributed by atoms with E-state index in [0.29, 0.717) is 24.2 Å². The predicted octanol–water partition coefficient (Wildman–Crippen LogP) is 4.19. The van der Waals surface area contributed by atoms with Gasteiger partial charge in [-0.25, -0.2) is 4.39 Å². The molecule has 0 spiro atoms. The number of anilines is 2. The minimum Gasteiger partial charge on any atom is -0.459 e. The molecular formula is C22H19FN2O3. The number of hydrogen-bond acceptors (Lipinski definition) is 3. The van der Waals surface area contributed by atoms with Crippen LogP contribution in [0.4, 0.5) is 15.8 Å². The molecule has 0 unspecified atom stereocenters. The molecule has 0 radical (unpaired) electrons. The third-order valence-electron chi connectivity index (χ3n) is 4.82. The molecule has 2 amide bonds. The van der Waals surface area contributed by atoms with Crippen molar-refractivity contribution < 1.29 is 18.4 Å². The van der Waals surface area contributed by atoms with Crippen molar-refractivity contribution in [3.8, 4) is 0 Å². The first-order valence-electron chi connectivity index (χ1n) is 9.13. The van der Waals surface area contributed by atoms with Crippen LogP contribution in [0.15, 0.2) is 65.3 Å². The quantitative estimate of drug-likeness (QED) is 0.724. The Hall–Kier alpha value is -3.41. The Morgan fingerprint density at radius 3 is 2.75 bits per heavy atom. The maximum atomic E-state index is 13.7. The van der Waals surface area contributed by atoms with E-state index in [1.165, 1.54) is 12.3 Å². The van der Waals surface area contributed by atoms with E-state index in [9.17, 15) is 14.0 Å². The highest BCUT2D eigenvalue weighted by molar-refractivity contribution is 6.06. The van der Waals surface area contributed by atoms with Gasteiger partial charge in [0.15, 0.2) is 5.76 Å². The van der Waals surface area contributed by atoms with Crippen molar-refractivity contribution in [1.82, 2.24) is 0 Å². The molecule has 1 aliphatic rings. The highest BCUT2D eigenvalue weighted by Crippen LogP contribution is 2.32. The molecule has 3 aromatic rings. The zero-order valence-corrected chi connectivity index (χ0v) is 15.2. The van der Waals surface area contributed by atoms with Crippen LogP contribution >= 0.6 is 0 Å². The van der Waals surface area contributed by atoms with Gasteiger partial charge in [0.25, 0.3) is 5.91 Å². The number of halogens is 1. The molecule has 5 nitrogen and oxygen atoms in total. The lowest BCUT2D eigenvalue weighted by atomic mass is 10.1. The van der Waals surface area contributed by atoms with Gasteiger partial charge in [0.05, 0.1) is 6.26 Å². The first-order chi connectivity index (χ1) is 13.6. The number of carbonyl (C=O) groups excluding carboxylic acids is 2. The number of furan rings is 1. The minimum absolute atomic E-state index is 0.174. The Kier molecular flexibility index (Phi) is 4.93. The van der Waals surface area contributed by atoms with Crippen molar-refractivity contribution in [2.75, 3.05) is 16.8 Å². The fraction of sp³-hybridized carbons (Fsp3) is 0.182. The molecule has 1 aliphatic heterocycles. The van der Waals surface area contributed by atoms with Gasteiger partial charge in [-0.05, 0) is 54.3 Å². The van der Waals surface area contributed by atoms with Gasteiger partial charge in [0.2, 0.25) is 5.91 Å². The van der Waals surface area contributed by atoms with E-state index in [2.05, 4.69) is 5.32 Å². The van der Waals surface area contributed by atoms with Crippen LogP contribution in [0.1, 0.15) is 28.1 Å². The first kappa shape index (κ1) is 18.0. The molecule has 4 rings (SSSR count). The second-order valence-electron chi connectivity index (χ2n) is 6.67. The Balaban J connectivity index is 1.44. The van der Waals surface area contributed by atoms with Crippen molar-refractivity contribution >= 4 is 23.2 Å². The lowest BCUT2D eigenvalue weighted by molar-refractivity contribution is -0.116. The largest absolute Gasteiger partial charge is 0.459 e. The number of fused-ring (bicyclic) bond motifs is 1. The molecule has 6 heteroatoms. The summed E-state index contributed by atoms with van der Waals surface area (Å²) in [6.07, 6.45) is 2.72. The molecule has 0 saturated carbocycles. The van der Waals surface area contributed by atoms with Crippen molar-refractivity contribution in [2.45, 2.75) is 19.3 Å². The van der Waals surface area contributed by atoms with E-state index < -0.39 is 0 Å². The number of amides is 2. The van der Waals surface area contributed by atoms with Crippen LogP contribution in [-0.2, 0) is 17.6 Å². The summed E-state index contributed by atoms with van der Waals surface area (Å²) in [4.78, 5) is 26.5. The zero-order chi connectivity index (χ0) is 19.5. The van der Waals surface area contributed by atoms with E-state index in [1.807, 2.05) is 12.1 Å². The van der Waals surface area contributed by atoms with E-state index in [1.54, 1.807) is 41.3 Å². The summed E-state index contributed by atoms with van der Waals surface area (Å²) in [5, 5.41) is 2.83. The molecule has 0 saturated heterocycles. The summed E-state index contributed by atoms with van der Waals surface area (Å²) in [5.41, 5.74) is 2.94. The Bertz CT molecular complexity index is 1010. The van der Waals surface area contributed by atoms with Crippen LogP contribution in [0.3, 0.4) is 0 Å². The standard InChI is InChI=1S/C22H19FN2O3/c23-18-5-2-1-4-15(18)8-10-21(26)24-17-9-7-16-11-12-25(19(16)14-17)22(27)20-6-3-13-28-20/h1-7,9,13-14H,8,10-12H2,(H,24,26). The number of rotatable bonds is 5. The fourth-order valence-electron chi connectivity index (χ4n) is 3.37. The average Bonchev–Trinajstić information content (AvgIpc) is 3.37. The van der Waals surface area contributed by atoms with Crippen LogP contribution < -0.4 is 10.2 Å². The van der Waals surface area contributed by atoms with Gasteiger partial charge in [-0.2, -0.15) is 0 Å². The summed E-state index contributed by atoms with van der Waals surface area (Å²) in [5.74, 6) is -0.427. The van der Waals surface area contributed by atoms with E-state index in [-0.39, 0.29) is 29.8 Å². The lowest BCUT2D eigenvalue weighted by Crippen LogP contribution is -2.28. The molecule has 1 aromatic heterocycles. The van der Waals surface area contributed by atoms with Gasteiger partial charge in [-0.15, -0.1) is 0 Å². The molecule has 0 aliphatic carbocycles. The van der Waals surface area contributed by atoms with Gasteiger partial charge in [0, 0.05) is 24.3 Å². The number of carbonyl (C=O) groups is 2. The molecule has 2 aromatic carbocycles. The Labute approximate surface area is 161 Å². The van der Waals surface area contributed by atoms with E-state index >= 15 is 0 Å². The number of nitrogens with zero attached hydrogens (tertiary/aromatic N) is 1. The third kappa shape index (κ3) is 3.67. The Morgan fingerprint density at radius 2 is 1.96 bits per heavy atom. The van der Waals surface area contributed by atoms with E-state index in [4.69, 9.17) is 4.42 Å². The number of aryl methyl sites for hydroxylation is 1. The highest BCUT2D eigenvalue weighted by atomic mass is 19.1. The minimum atomic E-state index is -0.306. The topological polar surface area (TPSA) is 62.6 Å². The van der Waals surface area contributed by atoms with E-state index in [0.717, 1.165) is 17.7 Å². The van der Waals surface area contributed by atoms with Crippen LogP contribution in [0, 0.1) is 5.82 Å². The van der Waals surface area contributed by atoms with Gasteiger partial charge < -0.3 is 14.6 Å². The molecule has 1 N–H and O–H groups in total. The monoisotopic (exact) mass is 378 g/mol. The van der Waals surface area contributed by atoms with Gasteiger partial charge in [-0.3, -0.25) is 9.59 Å². The highest BCUT2D eigenvalue weighted by Gasteiger charge is 2.27. The zero-order valence-electron chi connectivity index (χ0n) is 15.2. The summed E-state index contributed by atoms with van der Waals surface area (Å²) < 4.78 is 18.9. The van der Waals surface area contributed by atoms with Crippen molar-refractivity contribution in [1.29, 1.82) is 0 Å². The van der Waals surface area contributed by atoms with Crippen LogP contribution in [-0.4, -0.2) is 18.4 Å². The van der Waals surface area contributed by atoms with Crippen LogP contribution in [0.25, 0.3) is 0 Å². The maximum absolute atomic E-state index is 13.7. The average molecular weight is 378 g/mol. The second kappa shape index (κ2) is 7.68. The molecular weight excluding hydrogens is 359 g/mol. The molecule has 0 atom stereocenters.